The second-order valence-electron chi connectivity index (χ2n) is 6.27. The van der Waals surface area contributed by atoms with Gasteiger partial charge in [0.1, 0.15) is 0 Å². The van der Waals surface area contributed by atoms with Gasteiger partial charge in [0.2, 0.25) is 15.9 Å². The molecule has 0 bridgehead atoms. The smallest absolute Gasteiger partial charge is 0.240 e. The number of methoxy groups -OCH3 is 2. The van der Waals surface area contributed by atoms with Gasteiger partial charge in [-0.15, -0.1) is 0 Å². The molecule has 0 saturated carbocycles. The summed E-state index contributed by atoms with van der Waals surface area (Å²) in [7, 11) is 2.76. The first-order valence-corrected chi connectivity index (χ1v) is 10.5. The maximum absolute atomic E-state index is 12.5. The molecule has 8 nitrogen and oxygen atoms in total. The molecule has 158 valence electrons. The molecule has 0 radical (unpaired) electrons. The Morgan fingerprint density at radius 2 is 1.76 bits per heavy atom. The summed E-state index contributed by atoms with van der Waals surface area (Å²) in [4.78, 5) is 14.1. The Morgan fingerprint density at radius 1 is 1.07 bits per heavy atom. The number of carbonyl (C=O) groups excluding carboxylic acids is 1. The van der Waals surface area contributed by atoms with Crippen LogP contribution >= 0.6 is 11.6 Å². The van der Waals surface area contributed by atoms with E-state index in [0.717, 1.165) is 5.69 Å². The average molecular weight is 442 g/mol. The molecule has 2 aromatic rings. The lowest BCUT2D eigenvalue weighted by Gasteiger charge is -2.18. The molecule has 0 spiro atoms. The number of halogens is 1. The van der Waals surface area contributed by atoms with Gasteiger partial charge < -0.3 is 19.7 Å². The SMILES string of the molecule is COc1ccc(S(=O)(=O)NCCC(=O)Nc2cc(Cl)ccc2N(C)C)cc1OC. The Hall–Kier alpha value is -2.49. The molecule has 0 heterocycles. The summed E-state index contributed by atoms with van der Waals surface area (Å²) < 4.78 is 37.6. The van der Waals surface area contributed by atoms with Crippen molar-refractivity contribution in [3.05, 3.63) is 41.4 Å². The maximum Gasteiger partial charge on any atom is 0.240 e. The second-order valence-corrected chi connectivity index (χ2v) is 8.47. The lowest BCUT2D eigenvalue weighted by Crippen LogP contribution is -2.28. The number of nitrogens with one attached hydrogen (secondary N) is 2. The van der Waals surface area contributed by atoms with Crippen molar-refractivity contribution in [3.8, 4) is 11.5 Å². The molecule has 29 heavy (non-hydrogen) atoms. The number of benzene rings is 2. The molecule has 0 aliphatic heterocycles. The minimum absolute atomic E-state index is 0.0142. The zero-order valence-electron chi connectivity index (χ0n) is 16.7. The summed E-state index contributed by atoms with van der Waals surface area (Å²) in [5.41, 5.74) is 1.34. The largest absolute Gasteiger partial charge is 0.493 e. The van der Waals surface area contributed by atoms with Gasteiger partial charge in [0.05, 0.1) is 30.5 Å². The standard InChI is InChI=1S/C19H24ClN3O5S/c1-23(2)16-7-5-13(20)11-15(16)22-19(24)9-10-21-29(25,26)14-6-8-17(27-3)18(12-14)28-4/h5-8,11-12,21H,9-10H2,1-4H3,(H,22,24). The van der Waals surface area contributed by atoms with Crippen LogP contribution in [0.4, 0.5) is 11.4 Å². The molecule has 0 fully saturated rings. The number of ether oxygens (including phenoxy) is 2. The Bertz CT molecular complexity index is 980. The Balaban J connectivity index is 2.01. The molecule has 2 rings (SSSR count). The van der Waals surface area contributed by atoms with Crippen LogP contribution in [-0.4, -0.2) is 49.2 Å². The summed E-state index contributed by atoms with van der Waals surface area (Å²) in [6.07, 6.45) is -0.0497. The number of sulfonamides is 1. The van der Waals surface area contributed by atoms with Crippen molar-refractivity contribution in [2.75, 3.05) is 45.1 Å². The van der Waals surface area contributed by atoms with Crippen LogP contribution in [0.5, 0.6) is 11.5 Å². The number of hydrogen-bond acceptors (Lipinski definition) is 6. The zero-order valence-corrected chi connectivity index (χ0v) is 18.2. The van der Waals surface area contributed by atoms with Crippen LogP contribution in [-0.2, 0) is 14.8 Å². The molecule has 0 saturated heterocycles. The number of anilines is 2. The molecule has 0 aliphatic rings. The van der Waals surface area contributed by atoms with E-state index in [9.17, 15) is 13.2 Å². The average Bonchev–Trinajstić information content (AvgIpc) is 2.67. The molecule has 0 aliphatic carbocycles. The van der Waals surface area contributed by atoms with Crippen LogP contribution in [0.2, 0.25) is 5.02 Å². The summed E-state index contributed by atoms with van der Waals surface area (Å²) in [5.74, 6) is 0.375. The van der Waals surface area contributed by atoms with Crippen molar-refractivity contribution < 1.29 is 22.7 Å². The summed E-state index contributed by atoms with van der Waals surface area (Å²) in [5, 5.41) is 3.24. The van der Waals surface area contributed by atoms with Gasteiger partial charge in [-0.25, -0.2) is 13.1 Å². The van der Waals surface area contributed by atoms with Crippen molar-refractivity contribution in [1.29, 1.82) is 0 Å². The third-order valence-electron chi connectivity index (χ3n) is 4.02. The highest BCUT2D eigenvalue weighted by Crippen LogP contribution is 2.29. The highest BCUT2D eigenvalue weighted by Gasteiger charge is 2.17. The van der Waals surface area contributed by atoms with Gasteiger partial charge in [-0.1, -0.05) is 11.6 Å². The van der Waals surface area contributed by atoms with Crippen molar-refractivity contribution >= 4 is 38.9 Å². The first-order chi connectivity index (χ1) is 13.7. The quantitative estimate of drug-likeness (QED) is 0.621. The molecular weight excluding hydrogens is 418 g/mol. The minimum atomic E-state index is -3.81. The van der Waals surface area contributed by atoms with E-state index in [0.29, 0.717) is 22.2 Å². The van der Waals surface area contributed by atoms with Crippen LogP contribution in [0.15, 0.2) is 41.3 Å². The van der Waals surface area contributed by atoms with Gasteiger partial charge in [-0.2, -0.15) is 0 Å². The van der Waals surface area contributed by atoms with Crippen LogP contribution in [0.3, 0.4) is 0 Å². The monoisotopic (exact) mass is 441 g/mol. The lowest BCUT2D eigenvalue weighted by atomic mass is 10.2. The van der Waals surface area contributed by atoms with Gasteiger partial charge in [0, 0.05) is 38.1 Å². The van der Waals surface area contributed by atoms with E-state index in [2.05, 4.69) is 10.0 Å². The van der Waals surface area contributed by atoms with Crippen LogP contribution < -0.4 is 24.4 Å². The first kappa shape index (κ1) is 22.8. The molecule has 2 N–H and O–H groups in total. The van der Waals surface area contributed by atoms with E-state index >= 15 is 0 Å². The number of hydrogen-bond donors (Lipinski definition) is 2. The van der Waals surface area contributed by atoms with Crippen molar-refractivity contribution in [2.45, 2.75) is 11.3 Å². The Labute approximate surface area is 175 Å². The molecule has 1 amide bonds. The summed E-state index contributed by atoms with van der Waals surface area (Å²) in [6, 6.07) is 9.42. The molecule has 2 aromatic carbocycles. The first-order valence-electron chi connectivity index (χ1n) is 8.66. The topological polar surface area (TPSA) is 97.0 Å². The predicted molar refractivity (Wildman–Crippen MR) is 114 cm³/mol. The van der Waals surface area contributed by atoms with Crippen molar-refractivity contribution in [1.82, 2.24) is 4.72 Å². The molecule has 0 aromatic heterocycles. The van der Waals surface area contributed by atoms with Gasteiger partial charge in [-0.3, -0.25) is 4.79 Å². The third-order valence-corrected chi connectivity index (χ3v) is 5.72. The summed E-state index contributed by atoms with van der Waals surface area (Å²) >= 11 is 6.00. The van der Waals surface area contributed by atoms with Gasteiger partial charge in [0.25, 0.3) is 0 Å². The van der Waals surface area contributed by atoms with Gasteiger partial charge >= 0.3 is 0 Å². The fraction of sp³-hybridized carbons (Fsp3) is 0.316. The van der Waals surface area contributed by atoms with Crippen LogP contribution in [0.25, 0.3) is 0 Å². The Kier molecular flexibility index (Phi) is 7.72. The molecule has 0 atom stereocenters. The molecule has 0 unspecified atom stereocenters. The lowest BCUT2D eigenvalue weighted by molar-refractivity contribution is -0.116. The highest BCUT2D eigenvalue weighted by atomic mass is 35.5. The predicted octanol–water partition coefficient (Wildman–Crippen LogP) is 2.73. The van der Waals surface area contributed by atoms with E-state index in [-0.39, 0.29) is 23.8 Å². The molecular formula is C19H24ClN3O5S. The van der Waals surface area contributed by atoms with E-state index in [1.165, 1.54) is 32.4 Å². The van der Waals surface area contributed by atoms with E-state index in [1.807, 2.05) is 19.0 Å². The highest BCUT2D eigenvalue weighted by molar-refractivity contribution is 7.89. The van der Waals surface area contributed by atoms with Gasteiger partial charge in [0.15, 0.2) is 11.5 Å². The normalized spacial score (nSPS) is 11.1. The van der Waals surface area contributed by atoms with Crippen LogP contribution in [0.1, 0.15) is 6.42 Å². The zero-order chi connectivity index (χ0) is 21.6. The second kappa shape index (κ2) is 9.82. The minimum Gasteiger partial charge on any atom is -0.493 e. The number of nitrogens with zero attached hydrogens (tertiary/aromatic N) is 1. The number of carbonyl (C=O) groups is 1. The van der Waals surface area contributed by atoms with Crippen molar-refractivity contribution in [2.24, 2.45) is 0 Å². The van der Waals surface area contributed by atoms with E-state index in [4.69, 9.17) is 21.1 Å². The van der Waals surface area contributed by atoms with E-state index in [1.54, 1.807) is 18.2 Å². The van der Waals surface area contributed by atoms with Gasteiger partial charge in [-0.05, 0) is 30.3 Å². The number of rotatable bonds is 9. The number of amides is 1. The maximum atomic E-state index is 12.5. The fourth-order valence-corrected chi connectivity index (χ4v) is 3.80. The third kappa shape index (κ3) is 5.99. The van der Waals surface area contributed by atoms with E-state index < -0.39 is 10.0 Å². The van der Waals surface area contributed by atoms with Crippen molar-refractivity contribution in [3.63, 3.8) is 0 Å². The van der Waals surface area contributed by atoms with Crippen LogP contribution in [0, 0.1) is 0 Å². The fourth-order valence-electron chi connectivity index (χ4n) is 2.58. The Morgan fingerprint density at radius 3 is 2.38 bits per heavy atom. The summed E-state index contributed by atoms with van der Waals surface area (Å²) in [6.45, 7) is -0.0691. The molecule has 10 heteroatoms.